The van der Waals surface area contributed by atoms with Gasteiger partial charge in [0.15, 0.2) is 0 Å². The topological polar surface area (TPSA) is 37.3 Å². The van der Waals surface area contributed by atoms with Crippen LogP contribution in [0.1, 0.15) is 54.4 Å². The molecule has 1 rings (SSSR count). The molecule has 1 N–H and O–H groups in total. The van der Waals surface area contributed by atoms with Gasteiger partial charge in [0.05, 0.1) is 5.56 Å². The molecule has 0 aliphatic heterocycles. The molecule has 0 amide bonds. The molecule has 0 saturated carbocycles. The van der Waals surface area contributed by atoms with Gasteiger partial charge < -0.3 is 5.11 Å². The van der Waals surface area contributed by atoms with Crippen molar-refractivity contribution >= 4 is 17.3 Å². The van der Waals surface area contributed by atoms with Gasteiger partial charge in [-0.15, -0.1) is 11.3 Å². The Hall–Kier alpha value is -0.830. The van der Waals surface area contributed by atoms with Gasteiger partial charge >= 0.3 is 5.97 Å². The summed E-state index contributed by atoms with van der Waals surface area (Å²) >= 11 is 1.58. The van der Waals surface area contributed by atoms with Crippen LogP contribution in [0.3, 0.4) is 0 Å². The fraction of sp³-hybridized carbons (Fsp3) is 0.615. The van der Waals surface area contributed by atoms with Crippen LogP contribution >= 0.6 is 11.3 Å². The third kappa shape index (κ3) is 3.08. The SMILES string of the molecule is CCc1scc(C(=O)O)c1CCC(C)CC. The van der Waals surface area contributed by atoms with E-state index in [9.17, 15) is 4.79 Å². The Kier molecular flexibility index (Phi) is 5.00. The zero-order valence-corrected chi connectivity index (χ0v) is 11.1. The average Bonchev–Trinajstić information content (AvgIpc) is 2.68. The number of carboxylic acid groups (broad SMARTS) is 1. The number of hydrogen-bond acceptors (Lipinski definition) is 2. The molecule has 1 atom stereocenters. The van der Waals surface area contributed by atoms with Crippen molar-refractivity contribution in [1.29, 1.82) is 0 Å². The van der Waals surface area contributed by atoms with Gasteiger partial charge in [-0.05, 0) is 30.7 Å². The second-order valence-corrected chi connectivity index (χ2v) is 5.23. The second kappa shape index (κ2) is 6.04. The lowest BCUT2D eigenvalue weighted by molar-refractivity contribution is 0.0696. The standard InChI is InChI=1S/C13H20O2S/c1-4-9(3)6-7-10-11(13(14)15)8-16-12(10)5-2/h8-9H,4-7H2,1-3H3,(H,14,15). The zero-order valence-electron chi connectivity index (χ0n) is 10.2. The molecule has 1 aromatic rings. The van der Waals surface area contributed by atoms with E-state index in [1.807, 2.05) is 0 Å². The third-order valence-electron chi connectivity index (χ3n) is 3.12. The molecule has 16 heavy (non-hydrogen) atoms. The van der Waals surface area contributed by atoms with Crippen molar-refractivity contribution in [3.63, 3.8) is 0 Å². The van der Waals surface area contributed by atoms with Crippen LogP contribution in [0.25, 0.3) is 0 Å². The van der Waals surface area contributed by atoms with Crippen LogP contribution < -0.4 is 0 Å². The van der Waals surface area contributed by atoms with Gasteiger partial charge in [0, 0.05) is 10.3 Å². The summed E-state index contributed by atoms with van der Waals surface area (Å²) in [5, 5.41) is 10.9. The van der Waals surface area contributed by atoms with E-state index in [1.165, 1.54) is 4.88 Å². The first-order valence-electron chi connectivity index (χ1n) is 5.92. The molecule has 0 aromatic carbocycles. The fourth-order valence-electron chi connectivity index (χ4n) is 1.77. The van der Waals surface area contributed by atoms with Gasteiger partial charge in [0.25, 0.3) is 0 Å². The summed E-state index contributed by atoms with van der Waals surface area (Å²) in [5.74, 6) is -0.110. The summed E-state index contributed by atoms with van der Waals surface area (Å²) in [7, 11) is 0. The lowest BCUT2D eigenvalue weighted by Gasteiger charge is -2.09. The minimum Gasteiger partial charge on any atom is -0.478 e. The van der Waals surface area contributed by atoms with E-state index in [0.29, 0.717) is 11.5 Å². The number of carbonyl (C=O) groups is 1. The fourth-order valence-corrected chi connectivity index (χ4v) is 2.79. The van der Waals surface area contributed by atoms with Crippen molar-refractivity contribution in [3.05, 3.63) is 21.4 Å². The molecule has 1 aromatic heterocycles. The van der Waals surface area contributed by atoms with Crippen LogP contribution in [0.5, 0.6) is 0 Å². The largest absolute Gasteiger partial charge is 0.478 e. The minimum absolute atomic E-state index is 0.519. The summed E-state index contributed by atoms with van der Waals surface area (Å²) in [5.41, 5.74) is 1.59. The summed E-state index contributed by atoms with van der Waals surface area (Å²) in [6.45, 7) is 6.49. The normalized spacial score (nSPS) is 12.7. The van der Waals surface area contributed by atoms with Crippen LogP contribution in [-0.2, 0) is 12.8 Å². The predicted octanol–water partition coefficient (Wildman–Crippen LogP) is 3.99. The maximum atomic E-state index is 11.1. The first-order chi connectivity index (χ1) is 7.60. The lowest BCUT2D eigenvalue weighted by Crippen LogP contribution is -2.03. The van der Waals surface area contributed by atoms with Crippen molar-refractivity contribution < 1.29 is 9.90 Å². The monoisotopic (exact) mass is 240 g/mol. The zero-order chi connectivity index (χ0) is 12.1. The highest BCUT2D eigenvalue weighted by Gasteiger charge is 2.16. The van der Waals surface area contributed by atoms with Gasteiger partial charge in [-0.3, -0.25) is 0 Å². The van der Waals surface area contributed by atoms with Crippen molar-refractivity contribution in [2.45, 2.75) is 46.5 Å². The number of rotatable bonds is 6. The van der Waals surface area contributed by atoms with Crippen LogP contribution in [-0.4, -0.2) is 11.1 Å². The number of aromatic carboxylic acids is 1. The van der Waals surface area contributed by atoms with E-state index >= 15 is 0 Å². The first-order valence-corrected chi connectivity index (χ1v) is 6.80. The highest BCUT2D eigenvalue weighted by Crippen LogP contribution is 2.26. The Morgan fingerprint density at radius 1 is 1.50 bits per heavy atom. The predicted molar refractivity (Wildman–Crippen MR) is 68.4 cm³/mol. The van der Waals surface area contributed by atoms with E-state index in [-0.39, 0.29) is 0 Å². The van der Waals surface area contributed by atoms with Crippen molar-refractivity contribution in [2.24, 2.45) is 5.92 Å². The second-order valence-electron chi connectivity index (χ2n) is 4.26. The Morgan fingerprint density at radius 3 is 2.69 bits per heavy atom. The smallest absolute Gasteiger partial charge is 0.336 e. The number of carboxylic acids is 1. The molecule has 0 aliphatic carbocycles. The molecule has 0 spiro atoms. The number of hydrogen-bond donors (Lipinski definition) is 1. The molecule has 1 heterocycles. The van der Waals surface area contributed by atoms with Crippen LogP contribution in [0.2, 0.25) is 0 Å². The van der Waals surface area contributed by atoms with E-state index < -0.39 is 5.97 Å². The molecule has 3 heteroatoms. The van der Waals surface area contributed by atoms with E-state index in [2.05, 4.69) is 20.8 Å². The quantitative estimate of drug-likeness (QED) is 0.816. The van der Waals surface area contributed by atoms with E-state index in [0.717, 1.165) is 31.2 Å². The number of thiophene rings is 1. The maximum absolute atomic E-state index is 11.1. The van der Waals surface area contributed by atoms with Gasteiger partial charge in [0.1, 0.15) is 0 Å². The summed E-state index contributed by atoms with van der Waals surface area (Å²) in [4.78, 5) is 12.3. The van der Waals surface area contributed by atoms with E-state index in [1.54, 1.807) is 16.7 Å². The summed E-state index contributed by atoms with van der Waals surface area (Å²) in [6, 6.07) is 0. The molecule has 0 saturated heterocycles. The van der Waals surface area contributed by atoms with Crippen molar-refractivity contribution in [1.82, 2.24) is 0 Å². The molecule has 0 aliphatic rings. The lowest BCUT2D eigenvalue weighted by atomic mass is 9.96. The average molecular weight is 240 g/mol. The highest BCUT2D eigenvalue weighted by atomic mass is 32.1. The molecule has 90 valence electrons. The van der Waals surface area contributed by atoms with Crippen molar-refractivity contribution in [2.75, 3.05) is 0 Å². The molecular formula is C13H20O2S. The Labute approximate surface area is 101 Å². The Bertz CT molecular complexity index is 355. The van der Waals surface area contributed by atoms with Crippen molar-refractivity contribution in [3.8, 4) is 0 Å². The van der Waals surface area contributed by atoms with Crippen LogP contribution in [0.15, 0.2) is 5.38 Å². The van der Waals surface area contributed by atoms with Gasteiger partial charge in [-0.1, -0.05) is 27.2 Å². The molecule has 0 radical (unpaired) electrons. The van der Waals surface area contributed by atoms with Crippen LogP contribution in [0.4, 0.5) is 0 Å². The molecule has 1 unspecified atom stereocenters. The van der Waals surface area contributed by atoms with E-state index in [4.69, 9.17) is 5.11 Å². The number of aryl methyl sites for hydroxylation is 1. The molecule has 0 bridgehead atoms. The highest BCUT2D eigenvalue weighted by molar-refractivity contribution is 7.10. The molecule has 2 nitrogen and oxygen atoms in total. The first kappa shape index (κ1) is 13.2. The van der Waals surface area contributed by atoms with Crippen LogP contribution in [0, 0.1) is 5.92 Å². The summed E-state index contributed by atoms with van der Waals surface area (Å²) in [6.07, 6.45) is 4.09. The van der Waals surface area contributed by atoms with Gasteiger partial charge in [-0.25, -0.2) is 4.79 Å². The Morgan fingerprint density at radius 2 is 2.19 bits per heavy atom. The van der Waals surface area contributed by atoms with Gasteiger partial charge in [0.2, 0.25) is 0 Å². The molecular weight excluding hydrogens is 220 g/mol. The minimum atomic E-state index is -0.782. The third-order valence-corrected chi connectivity index (χ3v) is 4.29. The summed E-state index contributed by atoms with van der Waals surface area (Å²) < 4.78 is 0. The van der Waals surface area contributed by atoms with Gasteiger partial charge in [-0.2, -0.15) is 0 Å². The maximum Gasteiger partial charge on any atom is 0.336 e. The Balaban J connectivity index is 2.82. The molecule has 0 fully saturated rings.